The molecule has 0 saturated carbocycles. The van der Waals surface area contributed by atoms with Crippen molar-refractivity contribution in [2.45, 2.75) is 12.8 Å². The number of rotatable bonds is 2. The van der Waals surface area contributed by atoms with Crippen molar-refractivity contribution >= 4 is 0 Å². The third kappa shape index (κ3) is 1.69. The van der Waals surface area contributed by atoms with E-state index in [1.807, 2.05) is 12.2 Å². The van der Waals surface area contributed by atoms with Gasteiger partial charge in [-0.05, 0) is 18.4 Å². The van der Waals surface area contributed by atoms with Crippen molar-refractivity contribution in [2.24, 2.45) is 5.73 Å². The van der Waals surface area contributed by atoms with Crippen LogP contribution in [0.3, 0.4) is 0 Å². The fourth-order valence-electron chi connectivity index (χ4n) is 1.03. The van der Waals surface area contributed by atoms with E-state index in [2.05, 4.69) is 0 Å². The van der Waals surface area contributed by atoms with E-state index in [4.69, 9.17) is 10.8 Å². The van der Waals surface area contributed by atoms with E-state index in [1.165, 1.54) is 5.57 Å². The van der Waals surface area contributed by atoms with E-state index in [0.717, 1.165) is 18.4 Å². The van der Waals surface area contributed by atoms with E-state index in [0.29, 0.717) is 6.54 Å². The van der Waals surface area contributed by atoms with Crippen LogP contribution < -0.4 is 5.73 Å². The molecule has 0 aromatic rings. The van der Waals surface area contributed by atoms with Gasteiger partial charge in [0.15, 0.2) is 0 Å². The predicted octanol–water partition coefficient (Wildman–Crippen LogP) is 0.584. The van der Waals surface area contributed by atoms with Crippen LogP contribution in [0, 0.1) is 0 Å². The second-order valence-corrected chi connectivity index (χ2v) is 2.51. The van der Waals surface area contributed by atoms with Gasteiger partial charge < -0.3 is 10.8 Å². The largest absolute Gasteiger partial charge is 0.392 e. The molecule has 3 N–H and O–H groups in total. The Morgan fingerprint density at radius 1 is 1.30 bits per heavy atom. The third-order valence-electron chi connectivity index (χ3n) is 1.79. The van der Waals surface area contributed by atoms with Crippen LogP contribution in [-0.2, 0) is 0 Å². The Morgan fingerprint density at radius 2 is 1.90 bits per heavy atom. The molecule has 0 aromatic carbocycles. The third-order valence-corrected chi connectivity index (χ3v) is 1.79. The molecule has 1 rings (SSSR count). The van der Waals surface area contributed by atoms with Gasteiger partial charge in [-0.2, -0.15) is 0 Å². The van der Waals surface area contributed by atoms with Gasteiger partial charge in [-0.15, -0.1) is 0 Å². The number of hydrogen-bond donors (Lipinski definition) is 2. The first kappa shape index (κ1) is 7.51. The van der Waals surface area contributed by atoms with Crippen LogP contribution >= 0.6 is 0 Å². The summed E-state index contributed by atoms with van der Waals surface area (Å²) in [6.45, 7) is 0.837. The monoisotopic (exact) mass is 139 g/mol. The molecule has 0 fully saturated rings. The summed E-state index contributed by atoms with van der Waals surface area (Å²) in [7, 11) is 0. The fourth-order valence-corrected chi connectivity index (χ4v) is 1.03. The molecule has 0 unspecified atom stereocenters. The molecule has 0 radical (unpaired) electrons. The van der Waals surface area contributed by atoms with Crippen LogP contribution in [0.15, 0.2) is 23.3 Å². The summed E-state index contributed by atoms with van der Waals surface area (Å²) >= 11 is 0. The molecular formula is C8H13NO. The van der Waals surface area contributed by atoms with E-state index in [-0.39, 0.29) is 6.61 Å². The molecule has 0 heterocycles. The summed E-state index contributed by atoms with van der Waals surface area (Å²) in [4.78, 5) is 0. The Hall–Kier alpha value is -0.600. The van der Waals surface area contributed by atoms with Crippen LogP contribution in [0.2, 0.25) is 0 Å². The quantitative estimate of drug-likeness (QED) is 0.588. The van der Waals surface area contributed by atoms with Crippen molar-refractivity contribution in [2.75, 3.05) is 13.2 Å². The first-order valence-electron chi connectivity index (χ1n) is 3.55. The Bertz CT molecular complexity index is 150. The van der Waals surface area contributed by atoms with Crippen molar-refractivity contribution in [3.63, 3.8) is 0 Å². The zero-order chi connectivity index (χ0) is 7.40. The molecule has 0 atom stereocenters. The van der Waals surface area contributed by atoms with Gasteiger partial charge in [-0.1, -0.05) is 17.7 Å². The van der Waals surface area contributed by atoms with Gasteiger partial charge in [0.1, 0.15) is 0 Å². The lowest BCUT2D eigenvalue weighted by Crippen LogP contribution is -2.06. The highest BCUT2D eigenvalue weighted by Crippen LogP contribution is 2.16. The molecule has 0 amide bonds. The maximum Gasteiger partial charge on any atom is 0.0644 e. The second kappa shape index (κ2) is 3.54. The average molecular weight is 139 g/mol. The molecule has 10 heavy (non-hydrogen) atoms. The van der Waals surface area contributed by atoms with Gasteiger partial charge in [0.25, 0.3) is 0 Å². The Balaban J connectivity index is 2.55. The highest BCUT2D eigenvalue weighted by atomic mass is 16.3. The smallest absolute Gasteiger partial charge is 0.0644 e. The molecule has 2 heteroatoms. The van der Waals surface area contributed by atoms with Gasteiger partial charge in [-0.25, -0.2) is 0 Å². The SMILES string of the molecule is NCC1=CC=C(CO)CC1. The number of aliphatic hydroxyl groups is 1. The van der Waals surface area contributed by atoms with Crippen molar-refractivity contribution in [3.8, 4) is 0 Å². The Labute approximate surface area is 61.0 Å². The molecule has 1 aliphatic carbocycles. The summed E-state index contributed by atoms with van der Waals surface area (Å²) in [6.07, 6.45) is 5.96. The van der Waals surface area contributed by atoms with Crippen LogP contribution in [0.5, 0.6) is 0 Å². The summed E-state index contributed by atoms with van der Waals surface area (Å²) in [5.41, 5.74) is 7.81. The lowest BCUT2D eigenvalue weighted by Gasteiger charge is -2.10. The molecule has 56 valence electrons. The molecule has 1 aliphatic rings. The number of allylic oxidation sites excluding steroid dienone is 2. The molecule has 0 aromatic heterocycles. The minimum atomic E-state index is 0.189. The molecular weight excluding hydrogens is 126 g/mol. The van der Waals surface area contributed by atoms with Gasteiger partial charge in [-0.3, -0.25) is 0 Å². The highest BCUT2D eigenvalue weighted by Gasteiger charge is 2.02. The minimum Gasteiger partial charge on any atom is -0.392 e. The van der Waals surface area contributed by atoms with Crippen molar-refractivity contribution in [1.29, 1.82) is 0 Å². The average Bonchev–Trinajstić information content (AvgIpc) is 2.05. The summed E-state index contributed by atoms with van der Waals surface area (Å²) < 4.78 is 0. The van der Waals surface area contributed by atoms with E-state index in [9.17, 15) is 0 Å². The zero-order valence-corrected chi connectivity index (χ0v) is 6.01. The van der Waals surface area contributed by atoms with E-state index < -0.39 is 0 Å². The molecule has 0 bridgehead atoms. The van der Waals surface area contributed by atoms with Gasteiger partial charge >= 0.3 is 0 Å². The summed E-state index contributed by atoms with van der Waals surface area (Å²) in [5, 5.41) is 8.72. The normalized spacial score (nSPS) is 18.2. The van der Waals surface area contributed by atoms with E-state index in [1.54, 1.807) is 0 Å². The fraction of sp³-hybridized carbons (Fsp3) is 0.500. The Kier molecular flexibility index (Phi) is 2.66. The standard InChI is InChI=1S/C8H13NO/c9-5-7-1-3-8(6-10)4-2-7/h1,3,10H,2,4-6,9H2. The molecule has 0 aliphatic heterocycles. The predicted molar refractivity (Wildman–Crippen MR) is 41.5 cm³/mol. The molecule has 0 spiro atoms. The Morgan fingerprint density at radius 3 is 2.30 bits per heavy atom. The number of aliphatic hydroxyl groups excluding tert-OH is 1. The highest BCUT2D eigenvalue weighted by molar-refractivity contribution is 5.24. The first-order valence-corrected chi connectivity index (χ1v) is 3.55. The second-order valence-electron chi connectivity index (χ2n) is 2.51. The first-order chi connectivity index (χ1) is 4.86. The zero-order valence-electron chi connectivity index (χ0n) is 6.01. The molecule has 0 saturated heterocycles. The van der Waals surface area contributed by atoms with Gasteiger partial charge in [0.05, 0.1) is 6.61 Å². The van der Waals surface area contributed by atoms with Gasteiger partial charge in [0, 0.05) is 6.54 Å². The topological polar surface area (TPSA) is 46.2 Å². The maximum atomic E-state index is 8.72. The lowest BCUT2D eigenvalue weighted by molar-refractivity contribution is 0.326. The molecule has 2 nitrogen and oxygen atoms in total. The van der Waals surface area contributed by atoms with Crippen LogP contribution in [-0.4, -0.2) is 18.3 Å². The maximum absolute atomic E-state index is 8.72. The van der Waals surface area contributed by atoms with Crippen LogP contribution in [0.25, 0.3) is 0 Å². The van der Waals surface area contributed by atoms with Crippen molar-refractivity contribution in [1.82, 2.24) is 0 Å². The van der Waals surface area contributed by atoms with E-state index >= 15 is 0 Å². The van der Waals surface area contributed by atoms with Crippen molar-refractivity contribution < 1.29 is 5.11 Å². The van der Waals surface area contributed by atoms with Crippen molar-refractivity contribution in [3.05, 3.63) is 23.3 Å². The lowest BCUT2D eigenvalue weighted by atomic mass is 9.99. The van der Waals surface area contributed by atoms with Gasteiger partial charge in [0.2, 0.25) is 0 Å². The summed E-state index contributed by atoms with van der Waals surface area (Å²) in [5.74, 6) is 0. The summed E-state index contributed by atoms with van der Waals surface area (Å²) in [6, 6.07) is 0. The van der Waals surface area contributed by atoms with Crippen LogP contribution in [0.1, 0.15) is 12.8 Å². The number of hydrogen-bond acceptors (Lipinski definition) is 2. The van der Waals surface area contributed by atoms with Crippen LogP contribution in [0.4, 0.5) is 0 Å². The minimum absolute atomic E-state index is 0.189. The number of nitrogens with two attached hydrogens (primary N) is 1.